The van der Waals surface area contributed by atoms with Crippen LogP contribution in [0.25, 0.3) is 0 Å². The molecule has 0 radical (unpaired) electrons. The molecule has 0 fully saturated rings. The second kappa shape index (κ2) is 8.39. The van der Waals surface area contributed by atoms with E-state index in [1.165, 1.54) is 18.2 Å². The standard InChI is InChI=1S/C23H20N2O4/c1-14-7-3-5-9-17(14)21(26)24-16-11-12-19(23(28)29)20(13-16)25-22(27)18-10-6-4-8-15(18)2/h3-13H,1-2H3,(H,24,26)(H,25,27)(H,28,29). The lowest BCUT2D eigenvalue weighted by molar-refractivity contribution is 0.0698. The van der Waals surface area contributed by atoms with Crippen molar-refractivity contribution in [2.24, 2.45) is 0 Å². The van der Waals surface area contributed by atoms with Gasteiger partial charge in [-0.2, -0.15) is 0 Å². The van der Waals surface area contributed by atoms with E-state index in [2.05, 4.69) is 10.6 Å². The predicted octanol–water partition coefficient (Wildman–Crippen LogP) is 4.51. The Kier molecular flexibility index (Phi) is 5.74. The lowest BCUT2D eigenvalue weighted by atomic mass is 10.1. The van der Waals surface area contributed by atoms with E-state index in [4.69, 9.17) is 0 Å². The SMILES string of the molecule is Cc1ccccc1C(=O)Nc1ccc(C(=O)O)c(NC(=O)c2ccccc2C)c1. The first kappa shape index (κ1) is 19.8. The van der Waals surface area contributed by atoms with Gasteiger partial charge in [-0.25, -0.2) is 4.79 Å². The van der Waals surface area contributed by atoms with Gasteiger partial charge in [-0.15, -0.1) is 0 Å². The molecule has 0 aliphatic rings. The third-order valence-corrected chi connectivity index (χ3v) is 4.54. The molecule has 0 aromatic heterocycles. The molecule has 3 aromatic rings. The smallest absolute Gasteiger partial charge is 0.337 e. The zero-order valence-electron chi connectivity index (χ0n) is 16.0. The van der Waals surface area contributed by atoms with Crippen molar-refractivity contribution in [2.75, 3.05) is 10.6 Å². The highest BCUT2D eigenvalue weighted by Crippen LogP contribution is 2.23. The molecule has 0 bridgehead atoms. The van der Waals surface area contributed by atoms with E-state index in [-0.39, 0.29) is 17.2 Å². The van der Waals surface area contributed by atoms with Gasteiger partial charge in [0.1, 0.15) is 0 Å². The molecule has 0 heterocycles. The molecule has 0 saturated heterocycles. The number of rotatable bonds is 5. The maximum absolute atomic E-state index is 12.6. The Morgan fingerprint density at radius 3 is 1.72 bits per heavy atom. The molecule has 2 amide bonds. The highest BCUT2D eigenvalue weighted by Gasteiger charge is 2.17. The van der Waals surface area contributed by atoms with E-state index in [0.717, 1.165) is 11.1 Å². The van der Waals surface area contributed by atoms with Crippen LogP contribution in [0.5, 0.6) is 0 Å². The average molecular weight is 388 g/mol. The third-order valence-electron chi connectivity index (χ3n) is 4.54. The zero-order chi connectivity index (χ0) is 21.0. The van der Waals surface area contributed by atoms with Crippen molar-refractivity contribution in [3.05, 3.63) is 94.5 Å². The fourth-order valence-corrected chi connectivity index (χ4v) is 2.96. The molecule has 3 rings (SSSR count). The van der Waals surface area contributed by atoms with Gasteiger partial charge in [-0.1, -0.05) is 36.4 Å². The Morgan fingerprint density at radius 2 is 1.21 bits per heavy atom. The minimum absolute atomic E-state index is 0.0687. The fraction of sp³-hybridized carbons (Fsp3) is 0.0870. The number of amides is 2. The summed E-state index contributed by atoms with van der Waals surface area (Å²) in [6.07, 6.45) is 0. The Bertz CT molecular complexity index is 1110. The molecule has 0 aliphatic heterocycles. The van der Waals surface area contributed by atoms with Crippen molar-refractivity contribution in [3.63, 3.8) is 0 Å². The average Bonchev–Trinajstić information content (AvgIpc) is 2.68. The fourth-order valence-electron chi connectivity index (χ4n) is 2.96. The van der Waals surface area contributed by atoms with Crippen LogP contribution in [-0.4, -0.2) is 22.9 Å². The van der Waals surface area contributed by atoms with Crippen LogP contribution < -0.4 is 10.6 Å². The number of carboxylic acid groups (broad SMARTS) is 1. The number of carboxylic acids is 1. The summed E-state index contributed by atoms with van der Waals surface area (Å²) in [6.45, 7) is 3.63. The van der Waals surface area contributed by atoms with E-state index >= 15 is 0 Å². The second-order valence-corrected chi connectivity index (χ2v) is 6.60. The van der Waals surface area contributed by atoms with Crippen LogP contribution in [-0.2, 0) is 0 Å². The lowest BCUT2D eigenvalue weighted by Gasteiger charge is -2.13. The summed E-state index contributed by atoms with van der Waals surface area (Å²) in [7, 11) is 0. The van der Waals surface area contributed by atoms with Crippen molar-refractivity contribution >= 4 is 29.2 Å². The molecule has 0 saturated carbocycles. The van der Waals surface area contributed by atoms with Crippen LogP contribution in [0.1, 0.15) is 42.2 Å². The van der Waals surface area contributed by atoms with Gasteiger partial charge in [0.05, 0.1) is 11.3 Å². The number of carbonyl (C=O) groups is 3. The van der Waals surface area contributed by atoms with Crippen LogP contribution in [0.15, 0.2) is 66.7 Å². The molecule has 6 heteroatoms. The number of benzene rings is 3. The Hall–Kier alpha value is -3.93. The van der Waals surface area contributed by atoms with E-state index in [0.29, 0.717) is 16.8 Å². The molecule has 29 heavy (non-hydrogen) atoms. The van der Waals surface area contributed by atoms with Gasteiger partial charge in [0, 0.05) is 16.8 Å². The maximum atomic E-state index is 12.6. The summed E-state index contributed by atoms with van der Waals surface area (Å²) >= 11 is 0. The van der Waals surface area contributed by atoms with Gasteiger partial charge in [0.15, 0.2) is 0 Å². The van der Waals surface area contributed by atoms with E-state index in [9.17, 15) is 19.5 Å². The van der Waals surface area contributed by atoms with Crippen molar-refractivity contribution in [2.45, 2.75) is 13.8 Å². The lowest BCUT2D eigenvalue weighted by Crippen LogP contribution is -2.17. The number of carbonyl (C=O) groups excluding carboxylic acids is 2. The molecule has 3 aromatic carbocycles. The number of aromatic carboxylic acids is 1. The molecule has 146 valence electrons. The molecule has 0 spiro atoms. The van der Waals surface area contributed by atoms with Crippen LogP contribution in [0.2, 0.25) is 0 Å². The molecule has 0 unspecified atom stereocenters. The van der Waals surface area contributed by atoms with Gasteiger partial charge < -0.3 is 15.7 Å². The van der Waals surface area contributed by atoms with Crippen LogP contribution in [0.4, 0.5) is 11.4 Å². The molecule has 0 aliphatic carbocycles. The molecule has 0 atom stereocenters. The third kappa shape index (κ3) is 4.50. The second-order valence-electron chi connectivity index (χ2n) is 6.60. The van der Waals surface area contributed by atoms with Gasteiger partial charge in [0.2, 0.25) is 0 Å². The first-order chi connectivity index (χ1) is 13.9. The zero-order valence-corrected chi connectivity index (χ0v) is 16.0. The number of hydrogen-bond acceptors (Lipinski definition) is 3. The molecular formula is C23H20N2O4. The largest absolute Gasteiger partial charge is 0.478 e. The number of anilines is 2. The topological polar surface area (TPSA) is 95.5 Å². The highest BCUT2D eigenvalue weighted by molar-refractivity contribution is 6.10. The maximum Gasteiger partial charge on any atom is 0.337 e. The Balaban J connectivity index is 1.89. The van der Waals surface area contributed by atoms with Gasteiger partial charge >= 0.3 is 5.97 Å². The van der Waals surface area contributed by atoms with Gasteiger partial charge in [0.25, 0.3) is 11.8 Å². The van der Waals surface area contributed by atoms with E-state index < -0.39 is 11.9 Å². The van der Waals surface area contributed by atoms with Gasteiger partial charge in [-0.3, -0.25) is 9.59 Å². The summed E-state index contributed by atoms with van der Waals surface area (Å²) in [6, 6.07) is 18.4. The minimum atomic E-state index is -1.18. The minimum Gasteiger partial charge on any atom is -0.478 e. The van der Waals surface area contributed by atoms with Crippen LogP contribution in [0.3, 0.4) is 0 Å². The molecule has 3 N–H and O–H groups in total. The van der Waals surface area contributed by atoms with Crippen molar-refractivity contribution in [3.8, 4) is 0 Å². The first-order valence-electron chi connectivity index (χ1n) is 8.98. The molecule has 6 nitrogen and oxygen atoms in total. The van der Waals surface area contributed by atoms with Crippen LogP contribution >= 0.6 is 0 Å². The Morgan fingerprint density at radius 1 is 0.690 bits per heavy atom. The van der Waals surface area contributed by atoms with Crippen LogP contribution in [0, 0.1) is 13.8 Å². The number of aryl methyl sites for hydroxylation is 2. The first-order valence-corrected chi connectivity index (χ1v) is 8.98. The quantitative estimate of drug-likeness (QED) is 0.599. The van der Waals surface area contributed by atoms with Crippen molar-refractivity contribution < 1.29 is 19.5 Å². The summed E-state index contributed by atoms with van der Waals surface area (Å²) in [4.78, 5) is 36.7. The number of nitrogens with one attached hydrogen (secondary N) is 2. The summed E-state index contributed by atoms with van der Waals surface area (Å²) < 4.78 is 0. The normalized spacial score (nSPS) is 10.3. The highest BCUT2D eigenvalue weighted by atomic mass is 16.4. The van der Waals surface area contributed by atoms with E-state index in [1.807, 2.05) is 25.1 Å². The van der Waals surface area contributed by atoms with E-state index in [1.54, 1.807) is 37.3 Å². The van der Waals surface area contributed by atoms with Gasteiger partial charge in [-0.05, 0) is 55.3 Å². The summed E-state index contributed by atoms with van der Waals surface area (Å²) in [5.41, 5.74) is 2.96. The monoisotopic (exact) mass is 388 g/mol. The Labute approximate surface area is 168 Å². The summed E-state index contributed by atoms with van der Waals surface area (Å²) in [5.74, 6) is -1.92. The molecular weight excluding hydrogens is 368 g/mol. The van der Waals surface area contributed by atoms with Crippen molar-refractivity contribution in [1.82, 2.24) is 0 Å². The van der Waals surface area contributed by atoms with Crippen molar-refractivity contribution in [1.29, 1.82) is 0 Å². The number of hydrogen-bond donors (Lipinski definition) is 3. The predicted molar refractivity (Wildman–Crippen MR) is 112 cm³/mol. The summed E-state index contributed by atoms with van der Waals surface area (Å²) in [5, 5.41) is 14.8.